The van der Waals surface area contributed by atoms with Gasteiger partial charge in [0.2, 0.25) is 0 Å². The number of likely N-dealkylation sites (tertiary alicyclic amines) is 1. The molecule has 1 aromatic heterocycles. The molecule has 2 aromatic rings. The molecule has 1 aromatic carbocycles. The van der Waals surface area contributed by atoms with Gasteiger partial charge in [-0.05, 0) is 68.4 Å². The van der Waals surface area contributed by atoms with Crippen molar-refractivity contribution in [1.29, 1.82) is 0 Å². The summed E-state index contributed by atoms with van der Waals surface area (Å²) in [6.07, 6.45) is 8.78. The average molecular weight is 396 g/mol. The monoisotopic (exact) mass is 395 g/mol. The third kappa shape index (κ3) is 6.91. The van der Waals surface area contributed by atoms with Gasteiger partial charge in [-0.1, -0.05) is 43.3 Å². The predicted octanol–water partition coefficient (Wildman–Crippen LogP) is 4.26. The van der Waals surface area contributed by atoms with Crippen molar-refractivity contribution < 1.29 is 4.74 Å². The van der Waals surface area contributed by atoms with E-state index in [1.165, 1.54) is 50.0 Å². The number of methoxy groups -OCH3 is 1. The maximum atomic E-state index is 5.48. The predicted molar refractivity (Wildman–Crippen MR) is 120 cm³/mol. The molecule has 0 bridgehead atoms. The van der Waals surface area contributed by atoms with Crippen molar-refractivity contribution in [2.45, 2.75) is 45.2 Å². The van der Waals surface area contributed by atoms with Crippen LogP contribution in [-0.2, 0) is 17.7 Å². The molecule has 4 nitrogen and oxygen atoms in total. The molecule has 29 heavy (non-hydrogen) atoms. The molecule has 158 valence electrons. The Kier molecular flexibility index (Phi) is 9.13. The lowest BCUT2D eigenvalue weighted by atomic mass is 9.84. The Labute approximate surface area is 176 Å². The third-order valence-corrected chi connectivity index (χ3v) is 6.16. The highest BCUT2D eigenvalue weighted by molar-refractivity contribution is 5.17. The number of nitrogens with zero attached hydrogens (tertiary/aromatic N) is 3. The molecule has 4 heteroatoms. The van der Waals surface area contributed by atoms with Gasteiger partial charge in [0.05, 0.1) is 6.61 Å². The van der Waals surface area contributed by atoms with E-state index < -0.39 is 0 Å². The van der Waals surface area contributed by atoms with E-state index in [0.29, 0.717) is 6.04 Å². The molecule has 0 spiro atoms. The van der Waals surface area contributed by atoms with Gasteiger partial charge in [0.15, 0.2) is 0 Å². The van der Waals surface area contributed by atoms with E-state index in [1.54, 1.807) is 7.11 Å². The molecular formula is C25H37N3O. The SMILES string of the molecule is CCCN1CCC(C(Cc2ccccc2)N(CCOC)Cc2cccnc2)CC1. The standard InChI is InChI=1S/C25H37N3O/c1-3-14-27-15-11-24(12-16-27)25(19-22-8-5-4-6-9-22)28(17-18-29-2)21-23-10-7-13-26-20-23/h4-10,13,20,24-25H,3,11-12,14-19,21H2,1-2H3. The maximum Gasteiger partial charge on any atom is 0.0589 e. The maximum absolute atomic E-state index is 5.48. The molecular weight excluding hydrogens is 358 g/mol. The van der Waals surface area contributed by atoms with Crippen LogP contribution in [0.2, 0.25) is 0 Å². The highest BCUT2D eigenvalue weighted by Gasteiger charge is 2.30. The Bertz CT molecular complexity index is 671. The number of rotatable bonds is 11. The highest BCUT2D eigenvalue weighted by atomic mass is 16.5. The average Bonchev–Trinajstić information content (AvgIpc) is 2.77. The van der Waals surface area contributed by atoms with Crippen molar-refractivity contribution in [3.05, 3.63) is 66.0 Å². The van der Waals surface area contributed by atoms with Gasteiger partial charge in [0.25, 0.3) is 0 Å². The van der Waals surface area contributed by atoms with Crippen molar-refractivity contribution in [3.63, 3.8) is 0 Å². The second-order valence-corrected chi connectivity index (χ2v) is 8.26. The number of hydrogen-bond donors (Lipinski definition) is 0. The summed E-state index contributed by atoms with van der Waals surface area (Å²) in [6, 6.07) is 15.7. The first kappa shape index (κ1) is 21.9. The molecule has 2 heterocycles. The largest absolute Gasteiger partial charge is 0.383 e. The zero-order valence-electron chi connectivity index (χ0n) is 18.2. The normalized spacial score (nSPS) is 16.9. The molecule has 1 atom stereocenters. The van der Waals surface area contributed by atoms with E-state index in [1.807, 2.05) is 18.5 Å². The second-order valence-electron chi connectivity index (χ2n) is 8.26. The molecule has 0 radical (unpaired) electrons. The lowest BCUT2D eigenvalue weighted by Gasteiger charge is -2.41. The van der Waals surface area contributed by atoms with Gasteiger partial charge in [0.1, 0.15) is 0 Å². The Hall–Kier alpha value is -1.75. The fourth-order valence-corrected chi connectivity index (χ4v) is 4.62. The van der Waals surface area contributed by atoms with Gasteiger partial charge < -0.3 is 9.64 Å². The Morgan fingerprint density at radius 1 is 1.10 bits per heavy atom. The minimum Gasteiger partial charge on any atom is -0.383 e. The summed E-state index contributed by atoms with van der Waals surface area (Å²) in [6.45, 7) is 8.63. The van der Waals surface area contributed by atoms with Crippen molar-refractivity contribution in [2.24, 2.45) is 5.92 Å². The molecule has 1 fully saturated rings. The Balaban J connectivity index is 1.78. The van der Waals surface area contributed by atoms with Crippen LogP contribution in [0.25, 0.3) is 0 Å². The Morgan fingerprint density at radius 3 is 2.52 bits per heavy atom. The number of hydrogen-bond acceptors (Lipinski definition) is 4. The molecule has 1 aliphatic heterocycles. The molecule has 0 aliphatic carbocycles. The van der Waals surface area contributed by atoms with Crippen LogP contribution in [0.4, 0.5) is 0 Å². The molecule has 0 N–H and O–H groups in total. The number of ether oxygens (including phenoxy) is 1. The van der Waals surface area contributed by atoms with E-state index in [0.717, 1.165) is 32.0 Å². The topological polar surface area (TPSA) is 28.6 Å². The molecule has 0 saturated carbocycles. The summed E-state index contributed by atoms with van der Waals surface area (Å²) in [5.41, 5.74) is 2.71. The van der Waals surface area contributed by atoms with Gasteiger partial charge in [-0.3, -0.25) is 9.88 Å². The lowest BCUT2D eigenvalue weighted by molar-refractivity contribution is 0.0586. The first-order chi connectivity index (χ1) is 14.3. The summed E-state index contributed by atoms with van der Waals surface area (Å²) >= 11 is 0. The van der Waals surface area contributed by atoms with Gasteiger partial charge in [-0.2, -0.15) is 0 Å². The number of benzene rings is 1. The van der Waals surface area contributed by atoms with E-state index in [4.69, 9.17) is 4.74 Å². The minimum atomic E-state index is 0.525. The van der Waals surface area contributed by atoms with Crippen LogP contribution in [0.15, 0.2) is 54.9 Å². The summed E-state index contributed by atoms with van der Waals surface area (Å²) in [4.78, 5) is 9.62. The third-order valence-electron chi connectivity index (χ3n) is 6.16. The van der Waals surface area contributed by atoms with Crippen molar-refractivity contribution in [3.8, 4) is 0 Å². The van der Waals surface area contributed by atoms with E-state index >= 15 is 0 Å². The summed E-state index contributed by atoms with van der Waals surface area (Å²) < 4.78 is 5.48. The van der Waals surface area contributed by atoms with E-state index in [2.05, 4.69) is 58.1 Å². The lowest BCUT2D eigenvalue weighted by Crippen LogP contribution is -2.47. The zero-order valence-corrected chi connectivity index (χ0v) is 18.2. The molecule has 1 unspecified atom stereocenters. The van der Waals surface area contributed by atoms with Crippen molar-refractivity contribution in [1.82, 2.24) is 14.8 Å². The second kappa shape index (κ2) is 12.1. The van der Waals surface area contributed by atoms with Gasteiger partial charge in [-0.25, -0.2) is 0 Å². The van der Waals surface area contributed by atoms with Crippen molar-refractivity contribution in [2.75, 3.05) is 39.9 Å². The molecule has 3 rings (SSSR count). The summed E-state index contributed by atoms with van der Waals surface area (Å²) in [7, 11) is 1.80. The first-order valence-electron chi connectivity index (χ1n) is 11.2. The van der Waals surface area contributed by atoms with Crippen LogP contribution in [0.1, 0.15) is 37.3 Å². The summed E-state index contributed by atoms with van der Waals surface area (Å²) in [5.74, 6) is 0.719. The molecule has 0 amide bonds. The number of aromatic nitrogens is 1. The van der Waals surface area contributed by atoms with E-state index in [9.17, 15) is 0 Å². The zero-order chi connectivity index (χ0) is 20.3. The van der Waals surface area contributed by atoms with Gasteiger partial charge in [0, 0.05) is 38.6 Å². The van der Waals surface area contributed by atoms with Crippen LogP contribution < -0.4 is 0 Å². The summed E-state index contributed by atoms with van der Waals surface area (Å²) in [5, 5.41) is 0. The number of piperidine rings is 1. The van der Waals surface area contributed by atoms with Crippen LogP contribution in [-0.4, -0.2) is 60.7 Å². The Morgan fingerprint density at radius 2 is 1.86 bits per heavy atom. The quantitative estimate of drug-likeness (QED) is 0.568. The molecule has 1 saturated heterocycles. The highest BCUT2D eigenvalue weighted by Crippen LogP contribution is 2.28. The fourth-order valence-electron chi connectivity index (χ4n) is 4.62. The van der Waals surface area contributed by atoms with Crippen LogP contribution >= 0.6 is 0 Å². The minimum absolute atomic E-state index is 0.525. The van der Waals surface area contributed by atoms with Gasteiger partial charge >= 0.3 is 0 Å². The number of pyridine rings is 1. The van der Waals surface area contributed by atoms with E-state index in [-0.39, 0.29) is 0 Å². The smallest absolute Gasteiger partial charge is 0.0589 e. The van der Waals surface area contributed by atoms with Crippen molar-refractivity contribution >= 4 is 0 Å². The fraction of sp³-hybridized carbons (Fsp3) is 0.560. The first-order valence-corrected chi connectivity index (χ1v) is 11.2. The van der Waals surface area contributed by atoms with Crippen LogP contribution in [0, 0.1) is 5.92 Å². The molecule has 1 aliphatic rings. The van der Waals surface area contributed by atoms with Crippen LogP contribution in [0.3, 0.4) is 0 Å². The van der Waals surface area contributed by atoms with Crippen LogP contribution in [0.5, 0.6) is 0 Å². The van der Waals surface area contributed by atoms with Gasteiger partial charge in [-0.15, -0.1) is 0 Å².